The minimum atomic E-state index is -1.07. The van der Waals surface area contributed by atoms with Gasteiger partial charge in [-0.1, -0.05) is 42.5 Å². The number of hydrogen-bond acceptors (Lipinski definition) is 8. The van der Waals surface area contributed by atoms with Crippen molar-refractivity contribution in [2.24, 2.45) is 0 Å². The number of benzene rings is 3. The molecule has 3 aromatic carbocycles. The molecule has 4 aromatic rings. The number of carbonyl (C=O) groups is 3. The lowest BCUT2D eigenvalue weighted by atomic mass is 9.94. The zero-order chi connectivity index (χ0) is 27.7. The number of ketones is 1. The first-order valence-corrected chi connectivity index (χ1v) is 12.9. The summed E-state index contributed by atoms with van der Waals surface area (Å²) in [6.07, 6.45) is 0.787. The van der Waals surface area contributed by atoms with E-state index in [4.69, 9.17) is 9.47 Å². The van der Waals surface area contributed by atoms with E-state index in [1.54, 1.807) is 36.4 Å². The molecule has 0 bridgehead atoms. The zero-order valence-corrected chi connectivity index (χ0v) is 21.8. The van der Waals surface area contributed by atoms with E-state index in [1.165, 1.54) is 42.3 Å². The van der Waals surface area contributed by atoms with Crippen molar-refractivity contribution in [1.82, 2.24) is 4.98 Å². The fourth-order valence-electron chi connectivity index (χ4n) is 4.36. The number of hydrogen-bond donors (Lipinski definition) is 1. The predicted molar refractivity (Wildman–Crippen MR) is 144 cm³/mol. The second-order valence-corrected chi connectivity index (χ2v) is 9.78. The Bertz CT molecular complexity index is 1630. The second-order valence-electron chi connectivity index (χ2n) is 8.77. The molecule has 5 rings (SSSR count). The summed E-state index contributed by atoms with van der Waals surface area (Å²) in [6.45, 7) is 2.44. The summed E-state index contributed by atoms with van der Waals surface area (Å²) < 4.78 is 24.8. The van der Waals surface area contributed by atoms with Gasteiger partial charge in [0.2, 0.25) is 0 Å². The maximum atomic E-state index is 13.9. The number of methoxy groups -OCH3 is 1. The summed E-state index contributed by atoms with van der Waals surface area (Å²) in [4.78, 5) is 44.5. The molecule has 1 saturated heterocycles. The van der Waals surface area contributed by atoms with Gasteiger partial charge in [0.05, 0.1) is 41.1 Å². The highest BCUT2D eigenvalue weighted by Gasteiger charge is 2.48. The average Bonchev–Trinajstić information content (AvgIpc) is 3.48. The van der Waals surface area contributed by atoms with Crippen molar-refractivity contribution in [1.29, 1.82) is 0 Å². The number of amides is 1. The van der Waals surface area contributed by atoms with Crippen molar-refractivity contribution in [3.8, 4) is 5.75 Å². The van der Waals surface area contributed by atoms with Crippen molar-refractivity contribution in [2.75, 3.05) is 18.6 Å². The fraction of sp³-hybridized carbons (Fsp3) is 0.172. The monoisotopic (exact) mass is 546 g/mol. The zero-order valence-electron chi connectivity index (χ0n) is 21.0. The molecular formula is C29H23FN2O6S. The van der Waals surface area contributed by atoms with E-state index in [1.807, 2.05) is 6.92 Å². The Kier molecular flexibility index (Phi) is 7.12. The van der Waals surface area contributed by atoms with Crippen LogP contribution in [0.15, 0.2) is 72.3 Å². The van der Waals surface area contributed by atoms with Gasteiger partial charge < -0.3 is 14.6 Å². The van der Waals surface area contributed by atoms with Gasteiger partial charge in [-0.25, -0.2) is 14.2 Å². The van der Waals surface area contributed by atoms with Gasteiger partial charge >= 0.3 is 11.9 Å². The van der Waals surface area contributed by atoms with Gasteiger partial charge in [-0.3, -0.25) is 14.5 Å². The van der Waals surface area contributed by atoms with E-state index in [2.05, 4.69) is 4.98 Å². The molecule has 198 valence electrons. The Morgan fingerprint density at radius 2 is 1.85 bits per heavy atom. The molecule has 1 amide bonds. The van der Waals surface area contributed by atoms with E-state index < -0.39 is 29.5 Å². The number of fused-ring (bicyclic) bond motifs is 1. The van der Waals surface area contributed by atoms with Crippen LogP contribution in [0.2, 0.25) is 0 Å². The summed E-state index contributed by atoms with van der Waals surface area (Å²) >= 11 is 1.05. The number of nitrogens with zero attached hydrogens (tertiary/aromatic N) is 2. The van der Waals surface area contributed by atoms with Crippen molar-refractivity contribution < 1.29 is 33.4 Å². The molecule has 1 aliphatic rings. The fourth-order valence-corrected chi connectivity index (χ4v) is 5.38. The smallest absolute Gasteiger partial charge is 0.337 e. The molecule has 0 saturated carbocycles. The molecule has 1 N–H and O–H groups in total. The number of aromatic nitrogens is 1. The minimum absolute atomic E-state index is 0.149. The largest absolute Gasteiger partial charge is 0.507 e. The lowest BCUT2D eigenvalue weighted by Crippen LogP contribution is -2.29. The first-order chi connectivity index (χ1) is 18.8. The number of halogens is 1. The van der Waals surface area contributed by atoms with E-state index in [-0.39, 0.29) is 22.0 Å². The molecule has 0 aliphatic carbocycles. The maximum Gasteiger partial charge on any atom is 0.337 e. The second kappa shape index (κ2) is 10.7. The van der Waals surface area contributed by atoms with Gasteiger partial charge in [0, 0.05) is 5.56 Å². The Hall–Kier alpha value is -4.57. The van der Waals surface area contributed by atoms with Gasteiger partial charge in [0.15, 0.2) is 5.13 Å². The van der Waals surface area contributed by atoms with Crippen LogP contribution in [-0.4, -0.2) is 41.5 Å². The van der Waals surface area contributed by atoms with Gasteiger partial charge in [-0.2, -0.15) is 0 Å². The molecule has 0 radical (unpaired) electrons. The standard InChI is InChI=1S/C29H23FN2O6S/c1-3-13-38-20-6-4-5-18(14-20)25(33)23-24(16-7-9-17(10-8-16)28(36)37-2)32(27(35)26(23)34)29-31-21-12-11-19(30)15-22(21)39-29/h4-12,14-15,24,33H,3,13H2,1-2H3/b25-23+. The van der Waals surface area contributed by atoms with E-state index >= 15 is 0 Å². The SMILES string of the molecule is CCCOc1cccc(/C(O)=C2\C(=O)C(=O)N(c3nc4ccc(F)cc4s3)C2c2ccc(C(=O)OC)cc2)c1. The number of aliphatic hydroxyl groups is 1. The highest BCUT2D eigenvalue weighted by Crippen LogP contribution is 2.44. The summed E-state index contributed by atoms with van der Waals surface area (Å²) in [6, 6.07) is 15.8. The number of aliphatic hydroxyl groups excluding tert-OH is 1. The highest BCUT2D eigenvalue weighted by atomic mass is 32.1. The molecule has 1 unspecified atom stereocenters. The third-order valence-electron chi connectivity index (χ3n) is 6.22. The van der Waals surface area contributed by atoms with E-state index in [9.17, 15) is 23.9 Å². The van der Waals surface area contributed by atoms with Crippen LogP contribution < -0.4 is 9.64 Å². The molecule has 1 fully saturated rings. The number of Topliss-reactive ketones (excluding diaryl/α,β-unsaturated/α-hetero) is 1. The Balaban J connectivity index is 1.67. The molecular weight excluding hydrogens is 523 g/mol. The van der Waals surface area contributed by atoms with E-state index in [0.717, 1.165) is 17.8 Å². The lowest BCUT2D eigenvalue weighted by molar-refractivity contribution is -0.132. The number of ether oxygens (including phenoxy) is 2. The summed E-state index contributed by atoms with van der Waals surface area (Å²) in [5, 5.41) is 11.6. The van der Waals surface area contributed by atoms with Crippen molar-refractivity contribution >= 4 is 50.1 Å². The highest BCUT2D eigenvalue weighted by molar-refractivity contribution is 7.22. The summed E-state index contributed by atoms with van der Waals surface area (Å²) in [5.74, 6) is -2.68. The van der Waals surface area contributed by atoms with Crippen LogP contribution in [0.25, 0.3) is 16.0 Å². The topological polar surface area (TPSA) is 106 Å². The number of thiazole rings is 1. The molecule has 10 heteroatoms. The molecule has 1 atom stereocenters. The summed E-state index contributed by atoms with van der Waals surface area (Å²) in [7, 11) is 1.26. The van der Waals surface area contributed by atoms with Crippen molar-refractivity contribution in [3.05, 3.63) is 94.8 Å². The van der Waals surface area contributed by atoms with Gasteiger partial charge in [0.1, 0.15) is 17.3 Å². The third-order valence-corrected chi connectivity index (χ3v) is 7.24. The number of rotatable bonds is 7. The van der Waals surface area contributed by atoms with Crippen LogP contribution in [0.3, 0.4) is 0 Å². The van der Waals surface area contributed by atoms with Crippen LogP contribution in [-0.2, 0) is 14.3 Å². The van der Waals surface area contributed by atoms with Crippen LogP contribution in [0.5, 0.6) is 5.75 Å². The molecule has 1 aromatic heterocycles. The van der Waals surface area contributed by atoms with Crippen LogP contribution in [0.4, 0.5) is 9.52 Å². The van der Waals surface area contributed by atoms with Crippen LogP contribution >= 0.6 is 11.3 Å². The molecule has 39 heavy (non-hydrogen) atoms. The molecule has 1 aliphatic heterocycles. The maximum absolute atomic E-state index is 13.9. The van der Waals surface area contributed by atoms with Gasteiger partial charge in [-0.15, -0.1) is 0 Å². The Morgan fingerprint density at radius 3 is 2.56 bits per heavy atom. The predicted octanol–water partition coefficient (Wildman–Crippen LogP) is 5.64. The Labute approximate surface area is 226 Å². The molecule has 0 spiro atoms. The summed E-state index contributed by atoms with van der Waals surface area (Å²) in [5.41, 5.74) is 1.33. The molecule has 8 nitrogen and oxygen atoms in total. The van der Waals surface area contributed by atoms with Gasteiger partial charge in [-0.05, 0) is 54.4 Å². The average molecular weight is 547 g/mol. The van der Waals surface area contributed by atoms with Gasteiger partial charge in [0.25, 0.3) is 5.78 Å². The first-order valence-electron chi connectivity index (χ1n) is 12.1. The number of carbonyl (C=O) groups excluding carboxylic acids is 3. The third kappa shape index (κ3) is 4.86. The normalized spacial score (nSPS) is 16.6. The lowest BCUT2D eigenvalue weighted by Gasteiger charge is -2.23. The quantitative estimate of drug-likeness (QED) is 0.138. The van der Waals surface area contributed by atoms with E-state index in [0.29, 0.717) is 33.7 Å². The minimum Gasteiger partial charge on any atom is -0.507 e. The number of anilines is 1. The van der Waals surface area contributed by atoms with Crippen LogP contribution in [0.1, 0.15) is 40.9 Å². The van der Waals surface area contributed by atoms with Crippen LogP contribution in [0, 0.1) is 5.82 Å². The van der Waals surface area contributed by atoms with Crippen molar-refractivity contribution in [3.63, 3.8) is 0 Å². The van der Waals surface area contributed by atoms with Crippen molar-refractivity contribution in [2.45, 2.75) is 19.4 Å². The number of esters is 1. The first kappa shape index (κ1) is 26.1. The Morgan fingerprint density at radius 1 is 1.08 bits per heavy atom. The molecule has 2 heterocycles.